The Kier molecular flexibility index (Phi) is 18.6. The average molecular weight is 489 g/mol. The summed E-state index contributed by atoms with van der Waals surface area (Å²) in [5.41, 5.74) is -11.0. The molecule has 0 atom stereocenters. The van der Waals surface area contributed by atoms with Crippen LogP contribution >= 0.6 is 0 Å². The van der Waals surface area contributed by atoms with Gasteiger partial charge in [0, 0.05) is 13.2 Å². The number of ether oxygens (including phenoxy) is 2. The van der Waals surface area contributed by atoms with Gasteiger partial charge >= 0.3 is 114 Å². The third-order valence-corrected chi connectivity index (χ3v) is 4.17. The predicted octanol–water partition coefficient (Wildman–Crippen LogP) is -4.53. The van der Waals surface area contributed by atoms with Crippen molar-refractivity contribution >= 4 is 20.0 Å². The summed E-state index contributed by atoms with van der Waals surface area (Å²) in [7, 11) is -11.2. The molecule has 0 aliphatic heterocycles. The van der Waals surface area contributed by atoms with Gasteiger partial charge in [-0.1, -0.05) is 0 Å². The van der Waals surface area contributed by atoms with Gasteiger partial charge in [-0.25, -0.2) is 16.8 Å². The Bertz CT molecular complexity index is 531. The zero-order valence-electron chi connectivity index (χ0n) is 13.7. The second-order valence-electron chi connectivity index (χ2n) is 3.77. The van der Waals surface area contributed by atoms with E-state index in [0.717, 1.165) is 0 Å². The summed E-state index contributed by atoms with van der Waals surface area (Å²) < 4.78 is 127. The second-order valence-corrected chi connectivity index (χ2v) is 7.11. The van der Waals surface area contributed by atoms with Crippen LogP contribution < -0.4 is 103 Å². The molecule has 0 saturated carbocycles. The van der Waals surface area contributed by atoms with E-state index in [9.17, 15) is 43.2 Å². The van der Waals surface area contributed by atoms with E-state index in [0.29, 0.717) is 0 Å². The van der Waals surface area contributed by atoms with Crippen LogP contribution in [0, 0.1) is 0 Å². The number of rotatable bonds is 11. The molecule has 0 aliphatic rings. The van der Waals surface area contributed by atoms with Crippen LogP contribution in [0.2, 0.25) is 0 Å². The van der Waals surface area contributed by atoms with Gasteiger partial charge in [0.15, 0.2) is 20.0 Å². The summed E-state index contributed by atoms with van der Waals surface area (Å²) in [6.45, 7) is -2.94. The SMILES string of the molecule is O=S(=O)([N-]CCOCCOCC[N-]S(=O)(=O)C(F)(F)F)C(F)(F)F.[K+].[K+]. The van der Waals surface area contributed by atoms with Crippen LogP contribution in [0.3, 0.4) is 0 Å². The topological polar surface area (TPSA) is 115 Å². The molecule has 8 nitrogen and oxygen atoms in total. The summed E-state index contributed by atoms with van der Waals surface area (Å²) >= 11 is 0. The zero-order chi connectivity index (χ0) is 19.1. The van der Waals surface area contributed by atoms with Gasteiger partial charge in [0.05, 0.1) is 13.2 Å². The third kappa shape index (κ3) is 13.7. The van der Waals surface area contributed by atoms with Gasteiger partial charge in [-0.2, -0.15) is 26.3 Å². The molecule has 0 bridgehead atoms. The molecule has 0 aromatic heterocycles. The molecule has 0 aromatic carbocycles. The normalized spacial score (nSPS) is 13.0. The van der Waals surface area contributed by atoms with Crippen molar-refractivity contribution in [2.45, 2.75) is 11.0 Å². The Hall–Kier alpha value is 2.59. The van der Waals surface area contributed by atoms with E-state index >= 15 is 0 Å². The summed E-state index contributed by atoms with van der Waals surface area (Å²) in [5.74, 6) is 0. The largest absolute Gasteiger partial charge is 1.00 e. The molecule has 18 heteroatoms. The second kappa shape index (κ2) is 14.6. The van der Waals surface area contributed by atoms with Gasteiger partial charge < -0.3 is 18.9 Å². The van der Waals surface area contributed by atoms with Crippen molar-refractivity contribution in [3.05, 3.63) is 9.44 Å². The van der Waals surface area contributed by atoms with Crippen molar-refractivity contribution in [1.82, 2.24) is 0 Å². The van der Waals surface area contributed by atoms with Crippen molar-refractivity contribution < 1.29 is 155 Å². The van der Waals surface area contributed by atoms with Gasteiger partial charge in [0.1, 0.15) is 0 Å². The average Bonchev–Trinajstić information content (AvgIpc) is 2.38. The van der Waals surface area contributed by atoms with Gasteiger partial charge in [-0.05, 0) is 0 Å². The molecular weight excluding hydrogens is 476 g/mol. The van der Waals surface area contributed by atoms with E-state index < -0.39 is 57.4 Å². The van der Waals surface area contributed by atoms with E-state index in [-0.39, 0.29) is 116 Å². The molecule has 0 radical (unpaired) electrons. The van der Waals surface area contributed by atoms with Crippen LogP contribution in [0.4, 0.5) is 26.3 Å². The summed E-state index contributed by atoms with van der Waals surface area (Å²) in [6, 6.07) is 0. The molecule has 0 fully saturated rings. The van der Waals surface area contributed by atoms with Gasteiger partial charge in [-0.15, -0.1) is 13.1 Å². The minimum atomic E-state index is -5.58. The van der Waals surface area contributed by atoms with Gasteiger partial charge in [0.2, 0.25) is 0 Å². The molecule has 146 valence electrons. The van der Waals surface area contributed by atoms with Crippen LogP contribution in [-0.4, -0.2) is 67.4 Å². The van der Waals surface area contributed by atoms with E-state index in [2.05, 4.69) is 18.9 Å². The predicted molar refractivity (Wildman–Crippen MR) is 68.0 cm³/mol. The van der Waals surface area contributed by atoms with Crippen LogP contribution in [0.25, 0.3) is 9.44 Å². The molecule has 0 rings (SSSR count). The van der Waals surface area contributed by atoms with Crippen LogP contribution in [0.5, 0.6) is 0 Å². The fraction of sp³-hybridized carbons (Fsp3) is 1.00. The third-order valence-electron chi connectivity index (χ3n) is 1.95. The number of hydrogen-bond acceptors (Lipinski definition) is 6. The molecule has 0 unspecified atom stereocenters. The standard InChI is InChI=1S/C8H12F6N2O6S2.2K/c9-7(10,11)23(17,18)15-1-3-21-5-6-22-4-2-16-24(19,20)8(12,13)14;;/h1-6H2;;/q-2;2*+1. The van der Waals surface area contributed by atoms with E-state index in [1.54, 1.807) is 0 Å². The van der Waals surface area contributed by atoms with Crippen molar-refractivity contribution in [2.24, 2.45) is 0 Å². The first-order chi connectivity index (χ1) is 10.7. The van der Waals surface area contributed by atoms with Crippen LogP contribution in [0.15, 0.2) is 0 Å². The van der Waals surface area contributed by atoms with Crippen LogP contribution in [-0.2, 0) is 29.5 Å². The van der Waals surface area contributed by atoms with Gasteiger partial charge in [0.25, 0.3) is 0 Å². The number of nitrogens with zero attached hydrogens (tertiary/aromatic N) is 2. The Morgan fingerprint density at radius 1 is 0.615 bits per heavy atom. The Labute approximate surface area is 231 Å². The number of alkyl halides is 6. The fourth-order valence-corrected chi connectivity index (χ4v) is 1.83. The molecule has 0 spiro atoms. The summed E-state index contributed by atoms with van der Waals surface area (Å²) in [6.07, 6.45) is 0. The Morgan fingerprint density at radius 3 is 1.12 bits per heavy atom. The molecule has 0 N–H and O–H groups in total. The van der Waals surface area contributed by atoms with Crippen molar-refractivity contribution in [3.8, 4) is 0 Å². The number of sulfonamides is 2. The quantitative estimate of drug-likeness (QED) is 0.165. The summed E-state index contributed by atoms with van der Waals surface area (Å²) in [4.78, 5) is 0. The Morgan fingerprint density at radius 2 is 0.885 bits per heavy atom. The molecular formula is C8H12F6K2N2O6S2. The van der Waals surface area contributed by atoms with E-state index in [1.807, 2.05) is 0 Å². The molecule has 0 heterocycles. The fourth-order valence-electron chi connectivity index (χ4n) is 0.912. The van der Waals surface area contributed by atoms with Gasteiger partial charge in [-0.3, -0.25) is 0 Å². The number of halogens is 6. The molecule has 0 aromatic rings. The zero-order valence-corrected chi connectivity index (χ0v) is 21.6. The van der Waals surface area contributed by atoms with E-state index in [4.69, 9.17) is 0 Å². The number of hydrogen-bond donors (Lipinski definition) is 0. The monoisotopic (exact) mass is 488 g/mol. The Balaban J connectivity index is -0.00000264. The van der Waals surface area contributed by atoms with Crippen molar-refractivity contribution in [2.75, 3.05) is 39.5 Å². The smallest absolute Gasteiger partial charge is 0.539 e. The first-order valence-electron chi connectivity index (χ1n) is 5.86. The van der Waals surface area contributed by atoms with Crippen molar-refractivity contribution in [1.29, 1.82) is 0 Å². The molecule has 0 saturated heterocycles. The molecule has 26 heavy (non-hydrogen) atoms. The minimum absolute atomic E-state index is 0. The maximum absolute atomic E-state index is 11.9. The molecule has 0 aliphatic carbocycles. The first-order valence-corrected chi connectivity index (χ1v) is 8.74. The van der Waals surface area contributed by atoms with Crippen molar-refractivity contribution in [3.63, 3.8) is 0 Å². The summed E-state index contributed by atoms with van der Waals surface area (Å²) in [5, 5.41) is 0. The van der Waals surface area contributed by atoms with Crippen LogP contribution in [0.1, 0.15) is 0 Å². The maximum Gasteiger partial charge on any atom is 1.00 e. The first kappa shape index (κ1) is 33.2. The minimum Gasteiger partial charge on any atom is -0.539 e. The van der Waals surface area contributed by atoms with E-state index in [1.165, 1.54) is 0 Å². The maximum atomic E-state index is 11.9. The molecule has 0 amide bonds.